The summed E-state index contributed by atoms with van der Waals surface area (Å²) < 4.78 is 0. The van der Waals surface area contributed by atoms with E-state index in [-0.39, 0.29) is 0 Å². The molecular formula is C16H26N4O. The average molecular weight is 290 g/mol. The summed E-state index contributed by atoms with van der Waals surface area (Å²) in [6.45, 7) is 8.36. The van der Waals surface area contributed by atoms with Gasteiger partial charge in [-0.25, -0.2) is 4.98 Å². The Labute approximate surface area is 126 Å². The van der Waals surface area contributed by atoms with Crippen molar-refractivity contribution in [2.24, 2.45) is 11.8 Å². The molecular weight excluding hydrogens is 264 g/mol. The molecule has 0 bridgehead atoms. The number of fused-ring (bicyclic) bond motifs is 1. The van der Waals surface area contributed by atoms with Crippen molar-refractivity contribution in [1.29, 1.82) is 0 Å². The first kappa shape index (κ1) is 14.6. The van der Waals surface area contributed by atoms with E-state index in [0.29, 0.717) is 23.8 Å². The molecule has 3 rings (SSSR count). The van der Waals surface area contributed by atoms with Gasteiger partial charge in [-0.3, -0.25) is 9.69 Å². The molecule has 5 nitrogen and oxygen atoms in total. The minimum Gasteiger partial charge on any atom is -0.348 e. The van der Waals surface area contributed by atoms with Crippen molar-refractivity contribution in [3.63, 3.8) is 0 Å². The number of aromatic amines is 1. The lowest BCUT2D eigenvalue weighted by molar-refractivity contribution is -0.142. The number of nitrogens with zero attached hydrogens (tertiary/aromatic N) is 3. The molecule has 3 heterocycles. The molecule has 2 aliphatic rings. The van der Waals surface area contributed by atoms with Crippen LogP contribution in [0, 0.1) is 11.8 Å². The number of hydrogen-bond donors (Lipinski definition) is 1. The fraction of sp³-hybridized carbons (Fsp3) is 0.750. The van der Waals surface area contributed by atoms with Gasteiger partial charge in [0.05, 0.1) is 6.54 Å². The number of likely N-dealkylation sites (tertiary alicyclic amines) is 2. The molecule has 0 aliphatic carbocycles. The maximum absolute atomic E-state index is 12.2. The normalized spacial score (nSPS) is 27.2. The largest absolute Gasteiger partial charge is 0.348 e. The molecule has 0 saturated carbocycles. The van der Waals surface area contributed by atoms with E-state index in [0.717, 1.165) is 51.3 Å². The first-order valence-corrected chi connectivity index (χ1v) is 8.13. The van der Waals surface area contributed by atoms with Crippen molar-refractivity contribution in [2.45, 2.75) is 45.7 Å². The van der Waals surface area contributed by atoms with Crippen molar-refractivity contribution < 1.29 is 4.79 Å². The third-order valence-electron chi connectivity index (χ3n) is 4.72. The summed E-state index contributed by atoms with van der Waals surface area (Å²) in [5.74, 6) is 2.59. The van der Waals surface area contributed by atoms with Gasteiger partial charge in [0.25, 0.3) is 0 Å². The number of amides is 1. The van der Waals surface area contributed by atoms with Crippen LogP contribution in [-0.4, -0.2) is 51.4 Å². The summed E-state index contributed by atoms with van der Waals surface area (Å²) in [4.78, 5) is 24.4. The van der Waals surface area contributed by atoms with Gasteiger partial charge in [-0.15, -0.1) is 0 Å². The third kappa shape index (κ3) is 3.28. The van der Waals surface area contributed by atoms with Crippen LogP contribution in [0.4, 0.5) is 0 Å². The molecule has 1 aromatic rings. The van der Waals surface area contributed by atoms with E-state index in [1.165, 1.54) is 0 Å². The second-order valence-corrected chi connectivity index (χ2v) is 6.87. The molecule has 2 fully saturated rings. The highest BCUT2D eigenvalue weighted by molar-refractivity contribution is 5.77. The highest BCUT2D eigenvalue weighted by Gasteiger charge is 2.39. The minimum atomic E-state index is 0.365. The first-order chi connectivity index (χ1) is 10.1. The number of aromatic nitrogens is 2. The van der Waals surface area contributed by atoms with Gasteiger partial charge in [0, 0.05) is 44.5 Å². The Morgan fingerprint density at radius 3 is 3.00 bits per heavy atom. The highest BCUT2D eigenvalue weighted by Crippen LogP contribution is 2.32. The van der Waals surface area contributed by atoms with Crippen LogP contribution in [0.25, 0.3) is 0 Å². The summed E-state index contributed by atoms with van der Waals surface area (Å²) in [5, 5.41) is 0. The summed E-state index contributed by atoms with van der Waals surface area (Å²) in [5.41, 5.74) is 0. The highest BCUT2D eigenvalue weighted by atomic mass is 16.2. The summed E-state index contributed by atoms with van der Waals surface area (Å²) in [7, 11) is 0. The van der Waals surface area contributed by atoms with Crippen LogP contribution in [0.15, 0.2) is 12.4 Å². The molecule has 0 aromatic carbocycles. The van der Waals surface area contributed by atoms with Crippen LogP contribution in [0.2, 0.25) is 0 Å². The standard InChI is InChI=1S/C16H26N4O/c1-12(2)9-20-14-5-8-19(11-15-17-6-7-18-15)10-13(14)3-4-16(20)21/h6-7,12-14H,3-5,8-11H2,1-2H3,(H,17,18)/t13-,14+/m0/s1. The van der Waals surface area contributed by atoms with Gasteiger partial charge < -0.3 is 9.88 Å². The van der Waals surface area contributed by atoms with Gasteiger partial charge in [0.15, 0.2) is 0 Å². The van der Waals surface area contributed by atoms with Crippen LogP contribution < -0.4 is 0 Å². The molecule has 1 amide bonds. The van der Waals surface area contributed by atoms with Crippen molar-refractivity contribution in [1.82, 2.24) is 19.8 Å². The monoisotopic (exact) mass is 290 g/mol. The van der Waals surface area contributed by atoms with Crippen molar-refractivity contribution >= 4 is 5.91 Å². The van der Waals surface area contributed by atoms with Gasteiger partial charge in [-0.2, -0.15) is 0 Å². The Kier molecular flexibility index (Phi) is 4.29. The van der Waals surface area contributed by atoms with Crippen molar-refractivity contribution in [3.8, 4) is 0 Å². The molecule has 0 radical (unpaired) electrons. The van der Waals surface area contributed by atoms with Gasteiger partial charge >= 0.3 is 0 Å². The second kappa shape index (κ2) is 6.18. The Morgan fingerprint density at radius 1 is 1.43 bits per heavy atom. The van der Waals surface area contributed by atoms with Crippen LogP contribution in [0.5, 0.6) is 0 Å². The van der Waals surface area contributed by atoms with Gasteiger partial charge in [0.1, 0.15) is 5.82 Å². The Bertz CT molecular complexity index is 471. The molecule has 0 unspecified atom stereocenters. The molecule has 5 heteroatoms. The van der Waals surface area contributed by atoms with Crippen LogP contribution in [0.1, 0.15) is 38.9 Å². The molecule has 2 atom stereocenters. The van der Waals surface area contributed by atoms with E-state index < -0.39 is 0 Å². The number of rotatable bonds is 4. The summed E-state index contributed by atoms with van der Waals surface area (Å²) in [6.07, 6.45) is 6.57. The van der Waals surface area contributed by atoms with E-state index in [4.69, 9.17) is 0 Å². The number of carbonyl (C=O) groups excluding carboxylic acids is 1. The third-order valence-corrected chi connectivity index (χ3v) is 4.72. The Balaban J connectivity index is 1.62. The average Bonchev–Trinajstić information content (AvgIpc) is 2.94. The zero-order chi connectivity index (χ0) is 14.8. The molecule has 2 aliphatic heterocycles. The SMILES string of the molecule is CC(C)CN1C(=O)CC[C@H]2CN(Cc3ncc[nH]3)CC[C@H]21. The predicted octanol–water partition coefficient (Wildman–Crippen LogP) is 1.88. The Hall–Kier alpha value is -1.36. The number of piperidine rings is 2. The van der Waals surface area contributed by atoms with Gasteiger partial charge in [-0.1, -0.05) is 13.8 Å². The molecule has 0 spiro atoms. The van der Waals surface area contributed by atoms with Crippen LogP contribution in [0.3, 0.4) is 0 Å². The maximum atomic E-state index is 12.2. The van der Waals surface area contributed by atoms with E-state index in [2.05, 4.69) is 33.6 Å². The van der Waals surface area contributed by atoms with Gasteiger partial charge in [0.2, 0.25) is 5.91 Å². The van der Waals surface area contributed by atoms with E-state index in [1.54, 1.807) is 0 Å². The van der Waals surface area contributed by atoms with E-state index in [1.807, 2.05) is 12.4 Å². The van der Waals surface area contributed by atoms with E-state index in [9.17, 15) is 4.79 Å². The fourth-order valence-electron chi connectivity index (χ4n) is 3.80. The predicted molar refractivity (Wildman–Crippen MR) is 81.5 cm³/mol. The lowest BCUT2D eigenvalue weighted by Gasteiger charge is -2.47. The molecule has 116 valence electrons. The molecule has 21 heavy (non-hydrogen) atoms. The molecule has 1 N–H and O–H groups in total. The zero-order valence-electron chi connectivity index (χ0n) is 13.1. The minimum absolute atomic E-state index is 0.365. The van der Waals surface area contributed by atoms with Crippen LogP contribution in [-0.2, 0) is 11.3 Å². The maximum Gasteiger partial charge on any atom is 0.222 e. The second-order valence-electron chi connectivity index (χ2n) is 6.87. The lowest BCUT2D eigenvalue weighted by Crippen LogP contribution is -2.56. The number of carbonyl (C=O) groups is 1. The Morgan fingerprint density at radius 2 is 2.29 bits per heavy atom. The van der Waals surface area contributed by atoms with E-state index >= 15 is 0 Å². The fourth-order valence-corrected chi connectivity index (χ4v) is 3.80. The topological polar surface area (TPSA) is 52.2 Å². The number of hydrogen-bond acceptors (Lipinski definition) is 3. The zero-order valence-corrected chi connectivity index (χ0v) is 13.1. The number of nitrogens with one attached hydrogen (secondary N) is 1. The number of imidazole rings is 1. The lowest BCUT2D eigenvalue weighted by atomic mass is 9.83. The van der Waals surface area contributed by atoms with Gasteiger partial charge in [-0.05, 0) is 24.7 Å². The number of H-pyrrole nitrogens is 1. The van der Waals surface area contributed by atoms with Crippen molar-refractivity contribution in [2.75, 3.05) is 19.6 Å². The van der Waals surface area contributed by atoms with Crippen molar-refractivity contribution in [3.05, 3.63) is 18.2 Å². The molecule has 1 aromatic heterocycles. The van der Waals surface area contributed by atoms with Crippen LogP contribution >= 0.6 is 0 Å². The summed E-state index contributed by atoms with van der Waals surface area (Å²) >= 11 is 0. The quantitative estimate of drug-likeness (QED) is 0.921. The smallest absolute Gasteiger partial charge is 0.222 e. The molecule has 2 saturated heterocycles. The summed E-state index contributed by atoms with van der Waals surface area (Å²) in [6, 6.07) is 0.460. The first-order valence-electron chi connectivity index (χ1n) is 8.13.